The Labute approximate surface area is 117 Å². The maximum absolute atomic E-state index is 13.6. The molecule has 0 radical (unpaired) electrons. The first-order valence-corrected chi connectivity index (χ1v) is 7.84. The zero-order valence-electron chi connectivity index (χ0n) is 11.5. The molecule has 114 valence electrons. The fourth-order valence-electron chi connectivity index (χ4n) is 1.70. The predicted molar refractivity (Wildman–Crippen MR) is 71.5 cm³/mol. The van der Waals surface area contributed by atoms with Gasteiger partial charge >= 0.3 is 0 Å². The Hall–Kier alpha value is -1.05. The van der Waals surface area contributed by atoms with Crippen molar-refractivity contribution in [2.45, 2.75) is 38.2 Å². The Morgan fingerprint density at radius 1 is 1.30 bits per heavy atom. The molecule has 0 aromatic heterocycles. The Kier molecular flexibility index (Phi) is 6.04. The standard InChI is InChI=1S/C13H19F2NO3S/c1-9(2)4-3-5-16-20(18,19)12-7-10(8-17)6-11(14)13(12)15/h6-7,9,16-17H,3-5,8H2,1-2H3. The molecule has 1 rings (SSSR count). The lowest BCUT2D eigenvalue weighted by Gasteiger charge is -2.10. The second kappa shape index (κ2) is 7.10. The Balaban J connectivity index is 2.89. The van der Waals surface area contributed by atoms with E-state index in [2.05, 4.69) is 4.72 Å². The number of benzene rings is 1. The Morgan fingerprint density at radius 2 is 1.95 bits per heavy atom. The summed E-state index contributed by atoms with van der Waals surface area (Å²) in [5.74, 6) is -2.29. The zero-order valence-corrected chi connectivity index (χ0v) is 12.3. The van der Waals surface area contributed by atoms with Crippen LogP contribution in [0.5, 0.6) is 0 Å². The molecule has 2 N–H and O–H groups in total. The lowest BCUT2D eigenvalue weighted by molar-refractivity contribution is 0.280. The summed E-state index contributed by atoms with van der Waals surface area (Å²) in [6.07, 6.45) is 1.44. The van der Waals surface area contributed by atoms with Crippen LogP contribution in [0.4, 0.5) is 8.78 Å². The van der Waals surface area contributed by atoms with Gasteiger partial charge in [-0.3, -0.25) is 0 Å². The van der Waals surface area contributed by atoms with E-state index in [-0.39, 0.29) is 12.1 Å². The number of nitrogens with one attached hydrogen (secondary N) is 1. The summed E-state index contributed by atoms with van der Waals surface area (Å²) >= 11 is 0. The molecular formula is C13H19F2NO3S. The number of halogens is 2. The average Bonchev–Trinajstić information content (AvgIpc) is 2.37. The van der Waals surface area contributed by atoms with Gasteiger partial charge in [0.1, 0.15) is 4.90 Å². The van der Waals surface area contributed by atoms with E-state index in [4.69, 9.17) is 5.11 Å². The molecule has 20 heavy (non-hydrogen) atoms. The molecule has 1 aromatic carbocycles. The summed E-state index contributed by atoms with van der Waals surface area (Å²) in [6, 6.07) is 1.70. The van der Waals surface area contributed by atoms with E-state index in [1.807, 2.05) is 13.8 Å². The average molecular weight is 307 g/mol. The van der Waals surface area contributed by atoms with E-state index in [0.717, 1.165) is 18.6 Å². The van der Waals surface area contributed by atoms with Crippen LogP contribution < -0.4 is 4.72 Å². The number of aliphatic hydroxyl groups excluding tert-OH is 1. The lowest BCUT2D eigenvalue weighted by Crippen LogP contribution is -2.26. The van der Waals surface area contributed by atoms with Gasteiger partial charge in [-0.25, -0.2) is 21.9 Å². The van der Waals surface area contributed by atoms with Gasteiger partial charge in [0.2, 0.25) is 10.0 Å². The molecule has 0 fully saturated rings. The van der Waals surface area contributed by atoms with Crippen LogP contribution in [0.1, 0.15) is 32.3 Å². The molecule has 0 aliphatic carbocycles. The van der Waals surface area contributed by atoms with Crippen LogP contribution in [0, 0.1) is 17.6 Å². The van der Waals surface area contributed by atoms with Gasteiger partial charge < -0.3 is 5.11 Å². The first-order valence-electron chi connectivity index (χ1n) is 6.36. The Bertz CT molecular complexity index is 559. The zero-order chi connectivity index (χ0) is 15.3. The van der Waals surface area contributed by atoms with Gasteiger partial charge in [0.05, 0.1) is 6.61 Å². The van der Waals surface area contributed by atoms with E-state index in [9.17, 15) is 17.2 Å². The summed E-state index contributed by atoms with van der Waals surface area (Å²) in [5.41, 5.74) is 0.00598. The lowest BCUT2D eigenvalue weighted by atomic mass is 10.1. The highest BCUT2D eigenvalue weighted by Gasteiger charge is 2.22. The quantitative estimate of drug-likeness (QED) is 0.759. The summed E-state index contributed by atoms with van der Waals surface area (Å²) < 4.78 is 52.9. The van der Waals surface area contributed by atoms with Crippen molar-refractivity contribution in [2.75, 3.05) is 6.54 Å². The van der Waals surface area contributed by atoms with Crippen molar-refractivity contribution in [3.05, 3.63) is 29.3 Å². The van der Waals surface area contributed by atoms with Gasteiger partial charge in [0.15, 0.2) is 11.6 Å². The number of sulfonamides is 1. The molecule has 0 aliphatic rings. The second-order valence-electron chi connectivity index (χ2n) is 4.98. The highest BCUT2D eigenvalue weighted by Crippen LogP contribution is 2.20. The predicted octanol–water partition coefficient (Wildman–Crippen LogP) is 2.17. The maximum atomic E-state index is 13.6. The van der Waals surface area contributed by atoms with Crippen LogP contribution in [0.2, 0.25) is 0 Å². The molecule has 0 aliphatic heterocycles. The van der Waals surface area contributed by atoms with Crippen LogP contribution in [0.25, 0.3) is 0 Å². The van der Waals surface area contributed by atoms with Gasteiger partial charge in [-0.15, -0.1) is 0 Å². The molecule has 0 atom stereocenters. The Morgan fingerprint density at radius 3 is 2.50 bits per heavy atom. The number of rotatable bonds is 7. The second-order valence-corrected chi connectivity index (χ2v) is 6.72. The third-order valence-corrected chi connectivity index (χ3v) is 4.24. The monoisotopic (exact) mass is 307 g/mol. The molecule has 4 nitrogen and oxygen atoms in total. The number of hydrogen-bond donors (Lipinski definition) is 2. The highest BCUT2D eigenvalue weighted by atomic mass is 32.2. The topological polar surface area (TPSA) is 66.4 Å². The number of hydrogen-bond acceptors (Lipinski definition) is 3. The van der Waals surface area contributed by atoms with Crippen LogP contribution >= 0.6 is 0 Å². The van der Waals surface area contributed by atoms with Gasteiger partial charge in [-0.2, -0.15) is 0 Å². The van der Waals surface area contributed by atoms with Crippen LogP contribution in [-0.4, -0.2) is 20.1 Å². The van der Waals surface area contributed by atoms with E-state index in [1.54, 1.807) is 0 Å². The van der Waals surface area contributed by atoms with Gasteiger partial charge in [0.25, 0.3) is 0 Å². The largest absolute Gasteiger partial charge is 0.392 e. The molecule has 0 heterocycles. The minimum Gasteiger partial charge on any atom is -0.392 e. The maximum Gasteiger partial charge on any atom is 0.243 e. The summed E-state index contributed by atoms with van der Waals surface area (Å²) in [4.78, 5) is -0.772. The molecule has 0 bridgehead atoms. The normalized spacial score (nSPS) is 12.1. The van der Waals surface area contributed by atoms with Gasteiger partial charge in [-0.05, 0) is 36.5 Å². The molecule has 1 aromatic rings. The number of aliphatic hydroxyl groups is 1. The van der Waals surface area contributed by atoms with E-state index >= 15 is 0 Å². The fourth-order valence-corrected chi connectivity index (χ4v) is 2.91. The third kappa shape index (κ3) is 4.50. The molecule has 0 saturated heterocycles. The SMILES string of the molecule is CC(C)CCCNS(=O)(=O)c1cc(CO)cc(F)c1F. The molecule has 0 saturated carbocycles. The van der Waals surface area contributed by atoms with E-state index in [1.165, 1.54) is 0 Å². The van der Waals surface area contributed by atoms with Crippen molar-refractivity contribution in [3.8, 4) is 0 Å². The van der Waals surface area contributed by atoms with Crippen molar-refractivity contribution < 1.29 is 22.3 Å². The van der Waals surface area contributed by atoms with Crippen LogP contribution in [0.15, 0.2) is 17.0 Å². The van der Waals surface area contributed by atoms with Gasteiger partial charge in [0, 0.05) is 6.54 Å². The van der Waals surface area contributed by atoms with E-state index < -0.39 is 33.2 Å². The minimum absolute atomic E-state index is 0.00598. The summed E-state index contributed by atoms with van der Waals surface area (Å²) in [5, 5.41) is 8.91. The molecule has 0 amide bonds. The van der Waals surface area contributed by atoms with Gasteiger partial charge in [-0.1, -0.05) is 13.8 Å². The fraction of sp³-hybridized carbons (Fsp3) is 0.538. The third-order valence-electron chi connectivity index (χ3n) is 2.78. The van der Waals surface area contributed by atoms with E-state index in [0.29, 0.717) is 12.3 Å². The molecule has 0 spiro atoms. The van der Waals surface area contributed by atoms with Crippen LogP contribution in [0.3, 0.4) is 0 Å². The van der Waals surface area contributed by atoms with Crippen molar-refractivity contribution in [1.82, 2.24) is 4.72 Å². The minimum atomic E-state index is -4.12. The first kappa shape index (κ1) is 17.0. The smallest absolute Gasteiger partial charge is 0.243 e. The molecule has 0 unspecified atom stereocenters. The highest BCUT2D eigenvalue weighted by molar-refractivity contribution is 7.89. The van der Waals surface area contributed by atoms with Crippen molar-refractivity contribution in [3.63, 3.8) is 0 Å². The molecule has 7 heteroatoms. The van der Waals surface area contributed by atoms with Crippen molar-refractivity contribution in [1.29, 1.82) is 0 Å². The van der Waals surface area contributed by atoms with Crippen molar-refractivity contribution in [2.24, 2.45) is 5.92 Å². The van der Waals surface area contributed by atoms with Crippen molar-refractivity contribution >= 4 is 10.0 Å². The molecular weight excluding hydrogens is 288 g/mol. The van der Waals surface area contributed by atoms with Crippen LogP contribution in [-0.2, 0) is 16.6 Å². The summed E-state index contributed by atoms with van der Waals surface area (Å²) in [6.45, 7) is 3.61. The first-order chi connectivity index (χ1) is 9.27. The summed E-state index contributed by atoms with van der Waals surface area (Å²) in [7, 11) is -4.12.